The number of hydrogen-bond donors (Lipinski definition) is 1. The van der Waals surface area contributed by atoms with Gasteiger partial charge in [-0.2, -0.15) is 26.3 Å². The maximum Gasteiger partial charge on any atom is 0.573 e. The summed E-state index contributed by atoms with van der Waals surface area (Å²) in [6.45, 7) is -1.40. The van der Waals surface area contributed by atoms with Crippen LogP contribution in [-0.2, 0) is 11.3 Å². The molecule has 1 aromatic carbocycles. The Hall–Kier alpha value is -1.50. The number of thiol groups is 1. The number of rotatable bonds is 5. The second-order valence-electron chi connectivity index (χ2n) is 4.45. The third-order valence-corrected chi connectivity index (χ3v) is 3.33. The largest absolute Gasteiger partial charge is 0.573 e. The summed E-state index contributed by atoms with van der Waals surface area (Å²) >= 11 is 2.54. The van der Waals surface area contributed by atoms with Crippen LogP contribution in [0.25, 0.3) is 0 Å². The fourth-order valence-electron chi connectivity index (χ4n) is 1.57. The van der Waals surface area contributed by atoms with Crippen LogP contribution in [0.4, 0.5) is 39.5 Å². The van der Waals surface area contributed by atoms with E-state index in [4.69, 9.17) is 0 Å². The zero-order valence-electron chi connectivity index (χ0n) is 12.0. The van der Waals surface area contributed by atoms with E-state index in [9.17, 15) is 39.5 Å². The topological polar surface area (TPSA) is 27.7 Å². The van der Waals surface area contributed by atoms with Gasteiger partial charge < -0.3 is 14.2 Å². The lowest BCUT2D eigenvalue weighted by atomic mass is 10.2. The highest BCUT2D eigenvalue weighted by Crippen LogP contribution is 2.49. The number of hydrogen-bond acceptors (Lipinski definition) is 4. The second kappa shape index (κ2) is 7.02. The van der Waals surface area contributed by atoms with Crippen molar-refractivity contribution in [2.75, 3.05) is 7.11 Å². The molecule has 0 bridgehead atoms. The molecule has 0 saturated carbocycles. The van der Waals surface area contributed by atoms with Crippen LogP contribution in [0.15, 0.2) is 18.2 Å². The smallest absolute Gasteiger partial charge is 0.496 e. The molecule has 0 aliphatic heterocycles. The van der Waals surface area contributed by atoms with Crippen LogP contribution in [0.3, 0.4) is 0 Å². The Bertz CT molecular complexity index is 581. The summed E-state index contributed by atoms with van der Waals surface area (Å²) in [5.74, 6) is -1.19. The highest BCUT2D eigenvalue weighted by atomic mass is 32.1. The van der Waals surface area contributed by atoms with Crippen molar-refractivity contribution in [3.8, 4) is 11.5 Å². The molecule has 13 heteroatoms. The molecule has 25 heavy (non-hydrogen) atoms. The molecule has 0 N–H and O–H groups in total. The van der Waals surface area contributed by atoms with Crippen molar-refractivity contribution in [2.24, 2.45) is 0 Å². The van der Waals surface area contributed by atoms with Gasteiger partial charge in [-0.05, 0) is 18.2 Å². The van der Waals surface area contributed by atoms with Crippen molar-refractivity contribution in [1.29, 1.82) is 0 Å². The van der Waals surface area contributed by atoms with Crippen LogP contribution in [-0.4, -0.2) is 30.8 Å². The van der Waals surface area contributed by atoms with Gasteiger partial charge in [-0.3, -0.25) is 0 Å². The minimum Gasteiger partial charge on any atom is -0.496 e. The van der Waals surface area contributed by atoms with Crippen molar-refractivity contribution in [2.45, 2.75) is 30.3 Å². The third kappa shape index (κ3) is 5.23. The van der Waals surface area contributed by atoms with Gasteiger partial charge in [-0.15, -0.1) is 25.8 Å². The molecule has 3 nitrogen and oxygen atoms in total. The molecule has 0 unspecified atom stereocenters. The number of alkyl halides is 9. The first kappa shape index (κ1) is 21.5. The minimum atomic E-state index is -5.94. The minimum absolute atomic E-state index is 0.311. The predicted molar refractivity (Wildman–Crippen MR) is 68.3 cm³/mol. The highest BCUT2D eigenvalue weighted by Gasteiger charge is 2.70. The summed E-state index contributed by atoms with van der Waals surface area (Å²) in [4.78, 5) is -4.83. The van der Waals surface area contributed by atoms with Crippen LogP contribution in [0.2, 0.25) is 0 Å². The fourth-order valence-corrected chi connectivity index (χ4v) is 1.64. The fraction of sp³-hybridized carbons (Fsp3) is 0.500. The standard InChI is InChI=1S/C12H9F9O3S/c1-22-8-3-2-7(24-12(19,20)21)4-6(8)5-23-9(25,10(13,14)15)11(16,17)18/h2-4,25H,5H2,1H3. The number of methoxy groups -OCH3 is 1. The molecule has 0 aromatic heterocycles. The summed E-state index contributed by atoms with van der Waals surface area (Å²) in [7, 11) is 1.00. The van der Waals surface area contributed by atoms with Gasteiger partial charge in [-0.25, -0.2) is 0 Å². The summed E-state index contributed by atoms with van der Waals surface area (Å²) in [6.07, 6.45) is -17.0. The molecule has 0 radical (unpaired) electrons. The van der Waals surface area contributed by atoms with E-state index in [1.54, 1.807) is 0 Å². The lowest BCUT2D eigenvalue weighted by Gasteiger charge is -2.32. The Morgan fingerprint density at radius 1 is 0.920 bits per heavy atom. The van der Waals surface area contributed by atoms with E-state index >= 15 is 0 Å². The molecule has 0 aliphatic carbocycles. The molecule has 0 atom stereocenters. The van der Waals surface area contributed by atoms with Crippen molar-refractivity contribution >= 4 is 12.6 Å². The van der Waals surface area contributed by atoms with Gasteiger partial charge in [0.05, 0.1) is 13.7 Å². The van der Waals surface area contributed by atoms with E-state index in [1.165, 1.54) is 0 Å². The number of halogens is 9. The lowest BCUT2D eigenvalue weighted by Crippen LogP contribution is -2.54. The third-order valence-electron chi connectivity index (χ3n) is 2.69. The molecular weight excluding hydrogens is 395 g/mol. The van der Waals surface area contributed by atoms with Gasteiger partial charge >= 0.3 is 23.6 Å². The number of benzene rings is 1. The molecule has 1 rings (SSSR count). The van der Waals surface area contributed by atoms with Gasteiger partial charge in [0.2, 0.25) is 0 Å². The molecule has 0 amide bonds. The van der Waals surface area contributed by atoms with Gasteiger partial charge in [-0.1, -0.05) is 0 Å². The van der Waals surface area contributed by atoms with Crippen LogP contribution in [0.5, 0.6) is 11.5 Å². The van der Waals surface area contributed by atoms with E-state index in [2.05, 4.69) is 26.8 Å². The van der Waals surface area contributed by atoms with Crippen molar-refractivity contribution in [3.05, 3.63) is 23.8 Å². The van der Waals surface area contributed by atoms with Gasteiger partial charge in [0.15, 0.2) is 0 Å². The van der Waals surface area contributed by atoms with Crippen LogP contribution in [0, 0.1) is 0 Å². The van der Waals surface area contributed by atoms with Gasteiger partial charge in [0.1, 0.15) is 11.5 Å². The molecule has 0 aliphatic rings. The lowest BCUT2D eigenvalue weighted by molar-refractivity contribution is -0.342. The summed E-state index contributed by atoms with van der Waals surface area (Å²) in [5, 5.41) is 0. The predicted octanol–water partition coefficient (Wildman–Crippen LogP) is 4.86. The Morgan fingerprint density at radius 2 is 1.44 bits per heavy atom. The summed E-state index contributed by atoms with van der Waals surface area (Å²) < 4.78 is 124. The zero-order chi connectivity index (χ0) is 19.7. The first-order valence-corrected chi connectivity index (χ1v) is 6.48. The SMILES string of the molecule is COc1ccc(OC(F)(F)F)cc1COC(S)(C(F)(F)F)C(F)(F)F. The van der Waals surface area contributed by atoms with Gasteiger partial charge in [0.25, 0.3) is 0 Å². The maximum absolute atomic E-state index is 12.7. The van der Waals surface area contributed by atoms with Crippen LogP contribution < -0.4 is 9.47 Å². The van der Waals surface area contributed by atoms with E-state index in [1.807, 2.05) is 0 Å². The van der Waals surface area contributed by atoms with E-state index in [-0.39, 0.29) is 5.75 Å². The van der Waals surface area contributed by atoms with Gasteiger partial charge in [0, 0.05) is 5.56 Å². The average Bonchev–Trinajstić information content (AvgIpc) is 2.40. The van der Waals surface area contributed by atoms with E-state index < -0.39 is 41.6 Å². The molecule has 0 saturated heterocycles. The van der Waals surface area contributed by atoms with Crippen LogP contribution >= 0.6 is 12.6 Å². The highest BCUT2D eigenvalue weighted by molar-refractivity contribution is 7.81. The Kier molecular flexibility index (Phi) is 6.05. The summed E-state index contributed by atoms with van der Waals surface area (Å²) in [5.41, 5.74) is -0.545. The normalized spacial score (nSPS) is 13.7. The first-order valence-electron chi connectivity index (χ1n) is 6.03. The summed E-state index contributed by atoms with van der Waals surface area (Å²) in [6, 6.07) is 2.16. The zero-order valence-corrected chi connectivity index (χ0v) is 12.9. The maximum atomic E-state index is 12.7. The van der Waals surface area contributed by atoms with Crippen molar-refractivity contribution in [3.63, 3.8) is 0 Å². The molecular formula is C12H9F9O3S. The second-order valence-corrected chi connectivity index (χ2v) is 5.08. The number of ether oxygens (including phenoxy) is 3. The molecule has 0 fully saturated rings. The van der Waals surface area contributed by atoms with Crippen LogP contribution in [0.1, 0.15) is 5.56 Å². The monoisotopic (exact) mass is 404 g/mol. The van der Waals surface area contributed by atoms with Crippen molar-refractivity contribution in [1.82, 2.24) is 0 Å². The molecule has 144 valence electrons. The van der Waals surface area contributed by atoms with E-state index in [0.29, 0.717) is 6.07 Å². The quantitative estimate of drug-likeness (QED) is 0.432. The molecule has 0 heterocycles. The Morgan fingerprint density at radius 3 is 1.84 bits per heavy atom. The Balaban J connectivity index is 3.14. The average molecular weight is 404 g/mol. The van der Waals surface area contributed by atoms with E-state index in [0.717, 1.165) is 19.2 Å². The molecule has 0 spiro atoms. The molecule has 1 aromatic rings. The Labute approximate surface area is 140 Å². The first-order chi connectivity index (χ1) is 11.1. The van der Waals surface area contributed by atoms with Crippen molar-refractivity contribution < 1.29 is 53.7 Å².